The molecule has 7 heteroatoms. The lowest BCUT2D eigenvalue weighted by Gasteiger charge is -2.07. The van der Waals surface area contributed by atoms with E-state index in [1.165, 1.54) is 12.1 Å². The third kappa shape index (κ3) is 3.03. The van der Waals surface area contributed by atoms with Crippen molar-refractivity contribution in [3.8, 4) is 0 Å². The van der Waals surface area contributed by atoms with Crippen LogP contribution < -0.4 is 5.32 Å². The minimum Gasteiger partial charge on any atom is -0.478 e. The standard InChI is InChI=1S/C17H14BrN3O3/c1-2-13-15(21-9-11(18)5-8-14(21)20-13)16(22)19-12-6-3-10(4-7-12)17(23)24/h3-9H,2H2,1H3,(H,19,22)(H,23,24). The predicted octanol–water partition coefficient (Wildman–Crippen LogP) is 3.61. The van der Waals surface area contributed by atoms with Crippen molar-refractivity contribution in [3.63, 3.8) is 0 Å². The molecule has 0 spiro atoms. The Balaban J connectivity index is 1.96. The summed E-state index contributed by atoms with van der Waals surface area (Å²) >= 11 is 3.40. The van der Waals surface area contributed by atoms with Gasteiger partial charge in [0.1, 0.15) is 11.3 Å². The number of hydrogen-bond donors (Lipinski definition) is 2. The van der Waals surface area contributed by atoms with Crippen LogP contribution in [0.2, 0.25) is 0 Å². The van der Waals surface area contributed by atoms with E-state index < -0.39 is 5.97 Å². The fourth-order valence-corrected chi connectivity index (χ4v) is 2.78. The molecule has 0 saturated carbocycles. The number of anilines is 1. The maximum Gasteiger partial charge on any atom is 0.335 e. The van der Waals surface area contributed by atoms with Crippen molar-refractivity contribution < 1.29 is 14.7 Å². The average Bonchev–Trinajstić information content (AvgIpc) is 2.93. The van der Waals surface area contributed by atoms with Crippen molar-refractivity contribution in [2.45, 2.75) is 13.3 Å². The fourth-order valence-electron chi connectivity index (χ4n) is 2.44. The quantitative estimate of drug-likeness (QED) is 0.715. The highest BCUT2D eigenvalue weighted by molar-refractivity contribution is 9.10. The highest BCUT2D eigenvalue weighted by Crippen LogP contribution is 2.19. The number of amides is 1. The maximum atomic E-state index is 12.7. The van der Waals surface area contributed by atoms with Crippen LogP contribution in [0, 0.1) is 0 Å². The number of aryl methyl sites for hydroxylation is 1. The van der Waals surface area contributed by atoms with Crippen molar-refractivity contribution >= 4 is 39.1 Å². The Bertz CT molecular complexity index is 932. The van der Waals surface area contributed by atoms with Crippen molar-refractivity contribution in [1.82, 2.24) is 9.38 Å². The van der Waals surface area contributed by atoms with Gasteiger partial charge >= 0.3 is 5.97 Å². The van der Waals surface area contributed by atoms with Crippen LogP contribution in [0.5, 0.6) is 0 Å². The summed E-state index contributed by atoms with van der Waals surface area (Å²) in [6.07, 6.45) is 2.42. The number of rotatable bonds is 4. The first kappa shape index (κ1) is 16.2. The Kier molecular flexibility index (Phi) is 4.35. The molecular weight excluding hydrogens is 374 g/mol. The lowest BCUT2D eigenvalue weighted by atomic mass is 10.2. The summed E-state index contributed by atoms with van der Waals surface area (Å²) in [5.41, 5.74) is 2.56. The van der Waals surface area contributed by atoms with Gasteiger partial charge in [-0.05, 0) is 58.7 Å². The van der Waals surface area contributed by atoms with Crippen LogP contribution in [0.1, 0.15) is 33.5 Å². The lowest BCUT2D eigenvalue weighted by molar-refractivity contribution is 0.0696. The smallest absolute Gasteiger partial charge is 0.335 e. The predicted molar refractivity (Wildman–Crippen MR) is 93.6 cm³/mol. The highest BCUT2D eigenvalue weighted by atomic mass is 79.9. The molecule has 6 nitrogen and oxygen atoms in total. The molecule has 3 rings (SSSR count). The number of nitrogens with zero attached hydrogens (tertiary/aromatic N) is 2. The number of halogens is 1. The van der Waals surface area contributed by atoms with Crippen LogP contribution in [0.3, 0.4) is 0 Å². The van der Waals surface area contributed by atoms with Gasteiger partial charge in [-0.15, -0.1) is 0 Å². The van der Waals surface area contributed by atoms with Crippen LogP contribution >= 0.6 is 15.9 Å². The molecule has 0 aliphatic rings. The summed E-state index contributed by atoms with van der Waals surface area (Å²) in [7, 11) is 0. The number of aromatic nitrogens is 2. The number of carboxylic acids is 1. The first-order valence-electron chi connectivity index (χ1n) is 7.30. The fraction of sp³-hybridized carbons (Fsp3) is 0.118. The van der Waals surface area contributed by atoms with Gasteiger partial charge in [0.05, 0.1) is 11.3 Å². The molecule has 0 aliphatic carbocycles. The number of aromatic carboxylic acids is 1. The monoisotopic (exact) mass is 387 g/mol. The second-order valence-corrected chi connectivity index (χ2v) is 6.09. The molecule has 2 heterocycles. The topological polar surface area (TPSA) is 83.7 Å². The number of imidazole rings is 1. The SMILES string of the molecule is CCc1nc2ccc(Br)cn2c1C(=O)Nc1ccc(C(=O)O)cc1. The largest absolute Gasteiger partial charge is 0.478 e. The van der Waals surface area contributed by atoms with Crippen LogP contribution in [0.4, 0.5) is 5.69 Å². The second kappa shape index (κ2) is 6.45. The minimum absolute atomic E-state index is 0.168. The molecule has 24 heavy (non-hydrogen) atoms. The lowest BCUT2D eigenvalue weighted by Crippen LogP contribution is -2.16. The Morgan fingerprint density at radius 2 is 1.92 bits per heavy atom. The molecular formula is C17H14BrN3O3. The van der Waals surface area contributed by atoms with Gasteiger partial charge in [-0.2, -0.15) is 0 Å². The summed E-state index contributed by atoms with van der Waals surface area (Å²) < 4.78 is 2.58. The number of hydrogen-bond acceptors (Lipinski definition) is 3. The average molecular weight is 388 g/mol. The summed E-state index contributed by atoms with van der Waals surface area (Å²) in [5, 5.41) is 11.7. The molecule has 1 aromatic carbocycles. The third-order valence-corrected chi connectivity index (χ3v) is 4.06. The zero-order valence-electron chi connectivity index (χ0n) is 12.8. The molecule has 0 aliphatic heterocycles. The van der Waals surface area contributed by atoms with Crippen LogP contribution in [0.25, 0.3) is 5.65 Å². The second-order valence-electron chi connectivity index (χ2n) is 5.17. The van der Waals surface area contributed by atoms with Gasteiger partial charge in [-0.3, -0.25) is 9.20 Å². The Hall–Kier alpha value is -2.67. The molecule has 122 valence electrons. The minimum atomic E-state index is -1.01. The molecule has 0 bridgehead atoms. The van der Waals surface area contributed by atoms with E-state index in [9.17, 15) is 9.59 Å². The first-order chi connectivity index (χ1) is 11.5. The van der Waals surface area contributed by atoms with E-state index in [0.717, 1.165) is 4.47 Å². The Morgan fingerprint density at radius 1 is 1.21 bits per heavy atom. The van der Waals surface area contributed by atoms with Gasteiger partial charge < -0.3 is 10.4 Å². The van der Waals surface area contributed by atoms with E-state index in [2.05, 4.69) is 26.2 Å². The molecule has 2 N–H and O–H groups in total. The van der Waals surface area contributed by atoms with Gasteiger partial charge in [0.25, 0.3) is 5.91 Å². The van der Waals surface area contributed by atoms with Crippen LogP contribution in [-0.4, -0.2) is 26.4 Å². The van der Waals surface area contributed by atoms with Gasteiger partial charge in [-0.25, -0.2) is 9.78 Å². The van der Waals surface area contributed by atoms with Crippen molar-refractivity contribution in [2.24, 2.45) is 0 Å². The van der Waals surface area contributed by atoms with E-state index in [0.29, 0.717) is 29.1 Å². The number of nitrogens with one attached hydrogen (secondary N) is 1. The summed E-state index contributed by atoms with van der Waals surface area (Å²) in [6, 6.07) is 9.72. The van der Waals surface area contributed by atoms with Gasteiger partial charge in [0.15, 0.2) is 0 Å². The number of fused-ring (bicyclic) bond motifs is 1. The zero-order chi connectivity index (χ0) is 17.3. The Morgan fingerprint density at radius 3 is 2.54 bits per heavy atom. The molecule has 0 unspecified atom stereocenters. The number of benzene rings is 1. The summed E-state index contributed by atoms with van der Waals surface area (Å²) in [6.45, 7) is 1.94. The van der Waals surface area contributed by atoms with Gasteiger partial charge in [-0.1, -0.05) is 6.92 Å². The zero-order valence-corrected chi connectivity index (χ0v) is 14.4. The molecule has 0 saturated heterocycles. The van der Waals surface area contributed by atoms with E-state index in [1.807, 2.05) is 19.1 Å². The first-order valence-corrected chi connectivity index (χ1v) is 8.10. The molecule has 0 fully saturated rings. The van der Waals surface area contributed by atoms with Gasteiger partial charge in [0.2, 0.25) is 0 Å². The van der Waals surface area contributed by atoms with E-state index in [4.69, 9.17) is 5.11 Å². The number of carbonyl (C=O) groups is 2. The molecule has 3 aromatic rings. The third-order valence-electron chi connectivity index (χ3n) is 3.59. The van der Waals surface area contributed by atoms with E-state index in [1.54, 1.807) is 22.7 Å². The van der Waals surface area contributed by atoms with Crippen molar-refractivity contribution in [1.29, 1.82) is 0 Å². The van der Waals surface area contributed by atoms with Crippen LogP contribution in [-0.2, 0) is 6.42 Å². The summed E-state index contributed by atoms with van der Waals surface area (Å²) in [5.74, 6) is -1.30. The molecule has 0 atom stereocenters. The van der Waals surface area contributed by atoms with E-state index in [-0.39, 0.29) is 11.5 Å². The van der Waals surface area contributed by atoms with E-state index >= 15 is 0 Å². The van der Waals surface area contributed by atoms with Crippen molar-refractivity contribution in [3.05, 3.63) is 64.0 Å². The summed E-state index contributed by atoms with van der Waals surface area (Å²) in [4.78, 5) is 28.1. The van der Waals surface area contributed by atoms with Crippen LogP contribution in [0.15, 0.2) is 47.1 Å². The molecule has 2 aromatic heterocycles. The van der Waals surface area contributed by atoms with Gasteiger partial charge in [0, 0.05) is 16.4 Å². The normalized spacial score (nSPS) is 10.8. The highest BCUT2D eigenvalue weighted by Gasteiger charge is 2.18. The maximum absolute atomic E-state index is 12.7. The van der Waals surface area contributed by atoms with Crippen molar-refractivity contribution in [2.75, 3.05) is 5.32 Å². The number of carboxylic acid groups (broad SMARTS) is 1. The molecule has 1 amide bonds. The molecule has 0 radical (unpaired) electrons. The number of pyridine rings is 1. The number of carbonyl (C=O) groups excluding carboxylic acids is 1. The Labute approximate surface area is 146 Å².